The molecule has 60 valence electrons. The van der Waals surface area contributed by atoms with E-state index in [9.17, 15) is 0 Å². The van der Waals surface area contributed by atoms with Crippen molar-refractivity contribution in [2.75, 3.05) is 13.1 Å². The van der Waals surface area contributed by atoms with Gasteiger partial charge in [-0.2, -0.15) is 0 Å². The Labute approximate surface area is 64.2 Å². The minimum atomic E-state index is 0.704. The van der Waals surface area contributed by atoms with Crippen LogP contribution in [0.25, 0.3) is 0 Å². The molecule has 0 unspecified atom stereocenters. The summed E-state index contributed by atoms with van der Waals surface area (Å²) in [6, 6.07) is 0. The Morgan fingerprint density at radius 3 is 2.30 bits per heavy atom. The Hall–Kier alpha value is -0.0400. The molecule has 0 saturated heterocycles. The highest BCUT2D eigenvalue weighted by atomic mass is 14.9. The Kier molecular flexibility index (Phi) is 2.72. The molecule has 0 atom stereocenters. The summed E-state index contributed by atoms with van der Waals surface area (Å²) in [5.74, 6) is 0. The first-order valence-electron chi connectivity index (χ1n) is 4.54. The van der Waals surface area contributed by atoms with Crippen molar-refractivity contribution in [2.45, 2.75) is 39.5 Å². The molecule has 0 aliphatic heterocycles. The van der Waals surface area contributed by atoms with Crippen LogP contribution in [0.4, 0.5) is 0 Å². The van der Waals surface area contributed by atoms with E-state index in [4.69, 9.17) is 0 Å². The Morgan fingerprint density at radius 2 is 2.00 bits per heavy atom. The molecule has 10 heavy (non-hydrogen) atoms. The summed E-state index contributed by atoms with van der Waals surface area (Å²) < 4.78 is 0. The first kappa shape index (κ1) is 8.06. The predicted octanol–water partition coefficient (Wildman–Crippen LogP) is 2.18. The van der Waals surface area contributed by atoms with E-state index in [1.165, 1.54) is 32.2 Å². The van der Waals surface area contributed by atoms with Crippen LogP contribution in [-0.4, -0.2) is 13.1 Å². The van der Waals surface area contributed by atoms with Crippen molar-refractivity contribution < 1.29 is 0 Å². The van der Waals surface area contributed by atoms with Crippen LogP contribution in [0, 0.1) is 5.41 Å². The van der Waals surface area contributed by atoms with Crippen LogP contribution in [0.2, 0.25) is 0 Å². The summed E-state index contributed by atoms with van der Waals surface area (Å²) in [7, 11) is 0. The van der Waals surface area contributed by atoms with Gasteiger partial charge in [0.25, 0.3) is 0 Å². The largest absolute Gasteiger partial charge is 0.316 e. The lowest BCUT2D eigenvalue weighted by Crippen LogP contribution is -2.39. The molecule has 0 radical (unpaired) electrons. The fourth-order valence-electron chi connectivity index (χ4n) is 1.72. The topological polar surface area (TPSA) is 12.0 Å². The molecule has 0 bridgehead atoms. The van der Waals surface area contributed by atoms with Crippen molar-refractivity contribution >= 4 is 0 Å². The molecule has 1 saturated carbocycles. The summed E-state index contributed by atoms with van der Waals surface area (Å²) in [5, 5.41) is 3.44. The fraction of sp³-hybridized carbons (Fsp3) is 1.00. The van der Waals surface area contributed by atoms with E-state index >= 15 is 0 Å². The molecule has 1 heteroatoms. The van der Waals surface area contributed by atoms with Crippen molar-refractivity contribution in [1.82, 2.24) is 5.32 Å². The minimum absolute atomic E-state index is 0.704. The van der Waals surface area contributed by atoms with Gasteiger partial charge < -0.3 is 5.32 Å². The van der Waals surface area contributed by atoms with E-state index in [1.807, 2.05) is 0 Å². The maximum Gasteiger partial charge on any atom is 0.000759 e. The van der Waals surface area contributed by atoms with Crippen LogP contribution in [0.3, 0.4) is 0 Å². The van der Waals surface area contributed by atoms with E-state index in [2.05, 4.69) is 19.2 Å². The number of hydrogen-bond donors (Lipinski definition) is 1. The van der Waals surface area contributed by atoms with E-state index < -0.39 is 0 Å². The molecule has 0 aromatic carbocycles. The smallest absolute Gasteiger partial charge is 0.000759 e. The van der Waals surface area contributed by atoms with E-state index in [0.29, 0.717) is 5.41 Å². The molecule has 1 nitrogen and oxygen atoms in total. The minimum Gasteiger partial charge on any atom is -0.316 e. The van der Waals surface area contributed by atoms with E-state index in [1.54, 1.807) is 0 Å². The summed E-state index contributed by atoms with van der Waals surface area (Å²) in [4.78, 5) is 0. The van der Waals surface area contributed by atoms with Crippen LogP contribution in [0.15, 0.2) is 0 Å². The molecule has 0 aromatic heterocycles. The lowest BCUT2D eigenvalue weighted by molar-refractivity contribution is 0.125. The molecule has 0 heterocycles. The SMILES string of the molecule is CCNCC1(CC)CCC1. The molecule has 1 fully saturated rings. The van der Waals surface area contributed by atoms with E-state index in [0.717, 1.165) is 6.54 Å². The molecule has 0 aromatic rings. The maximum atomic E-state index is 3.44. The zero-order chi connectivity index (χ0) is 7.45. The Bertz CT molecular complexity index is 89.4. The summed E-state index contributed by atoms with van der Waals surface area (Å²) in [6.07, 6.45) is 5.73. The van der Waals surface area contributed by atoms with Crippen molar-refractivity contribution in [3.63, 3.8) is 0 Å². The average Bonchev–Trinajstić information content (AvgIpc) is 1.87. The molecule has 1 aliphatic rings. The molecule has 1 aliphatic carbocycles. The standard InChI is InChI=1S/C9H19N/c1-3-9(6-5-7-9)8-10-4-2/h10H,3-8H2,1-2H3. The van der Waals surface area contributed by atoms with Gasteiger partial charge in [0.1, 0.15) is 0 Å². The van der Waals surface area contributed by atoms with Crippen LogP contribution < -0.4 is 5.32 Å². The monoisotopic (exact) mass is 141 g/mol. The van der Waals surface area contributed by atoms with Crippen LogP contribution >= 0.6 is 0 Å². The lowest BCUT2D eigenvalue weighted by atomic mass is 9.67. The van der Waals surface area contributed by atoms with Gasteiger partial charge in [-0.25, -0.2) is 0 Å². The van der Waals surface area contributed by atoms with Gasteiger partial charge in [-0.05, 0) is 31.2 Å². The highest BCUT2D eigenvalue weighted by Crippen LogP contribution is 2.42. The van der Waals surface area contributed by atoms with Gasteiger partial charge in [-0.1, -0.05) is 20.3 Å². The van der Waals surface area contributed by atoms with Gasteiger partial charge in [0.05, 0.1) is 0 Å². The summed E-state index contributed by atoms with van der Waals surface area (Å²) >= 11 is 0. The van der Waals surface area contributed by atoms with Crippen LogP contribution in [0.5, 0.6) is 0 Å². The molecular formula is C9H19N. The van der Waals surface area contributed by atoms with Crippen LogP contribution in [0.1, 0.15) is 39.5 Å². The average molecular weight is 141 g/mol. The number of hydrogen-bond acceptors (Lipinski definition) is 1. The van der Waals surface area contributed by atoms with Crippen molar-refractivity contribution in [2.24, 2.45) is 5.41 Å². The van der Waals surface area contributed by atoms with Crippen LogP contribution in [-0.2, 0) is 0 Å². The zero-order valence-electron chi connectivity index (χ0n) is 7.24. The molecule has 1 rings (SSSR count). The van der Waals surface area contributed by atoms with Crippen molar-refractivity contribution in [3.8, 4) is 0 Å². The first-order valence-corrected chi connectivity index (χ1v) is 4.54. The molecule has 1 N–H and O–H groups in total. The number of nitrogens with one attached hydrogen (secondary N) is 1. The summed E-state index contributed by atoms with van der Waals surface area (Å²) in [5.41, 5.74) is 0.704. The third-order valence-electron chi connectivity index (χ3n) is 2.91. The number of rotatable bonds is 4. The van der Waals surface area contributed by atoms with Crippen molar-refractivity contribution in [1.29, 1.82) is 0 Å². The van der Waals surface area contributed by atoms with Crippen molar-refractivity contribution in [3.05, 3.63) is 0 Å². The summed E-state index contributed by atoms with van der Waals surface area (Å²) in [6.45, 7) is 6.88. The third kappa shape index (κ3) is 1.51. The van der Waals surface area contributed by atoms with E-state index in [-0.39, 0.29) is 0 Å². The lowest BCUT2D eigenvalue weighted by Gasteiger charge is -2.41. The second kappa shape index (κ2) is 3.38. The fourth-order valence-corrected chi connectivity index (χ4v) is 1.72. The Balaban J connectivity index is 2.20. The highest BCUT2D eigenvalue weighted by molar-refractivity contribution is 4.87. The van der Waals surface area contributed by atoms with Gasteiger partial charge in [0.15, 0.2) is 0 Å². The quantitative estimate of drug-likeness (QED) is 0.632. The maximum absolute atomic E-state index is 3.44. The highest BCUT2D eigenvalue weighted by Gasteiger charge is 2.33. The molecular weight excluding hydrogens is 122 g/mol. The second-order valence-electron chi connectivity index (χ2n) is 3.49. The van der Waals surface area contributed by atoms with Gasteiger partial charge in [-0.3, -0.25) is 0 Å². The zero-order valence-corrected chi connectivity index (χ0v) is 7.24. The normalized spacial score (nSPS) is 22.2. The van der Waals surface area contributed by atoms with Gasteiger partial charge in [0, 0.05) is 6.54 Å². The molecule has 0 amide bonds. The Morgan fingerprint density at radius 1 is 1.30 bits per heavy atom. The van der Waals surface area contributed by atoms with Gasteiger partial charge >= 0.3 is 0 Å². The molecule has 0 spiro atoms. The van der Waals surface area contributed by atoms with Gasteiger partial charge in [0.2, 0.25) is 0 Å². The first-order chi connectivity index (χ1) is 4.83. The predicted molar refractivity (Wildman–Crippen MR) is 45.1 cm³/mol. The van der Waals surface area contributed by atoms with Gasteiger partial charge in [-0.15, -0.1) is 0 Å². The third-order valence-corrected chi connectivity index (χ3v) is 2.91. The second-order valence-corrected chi connectivity index (χ2v) is 3.49.